The molecule has 1 aliphatic heterocycles. The monoisotopic (exact) mass is 374 g/mol. The number of carbonyl (C=O) groups is 3. The SMILES string of the molecule is CC(=O)O[C@@H](C(=O)O)C1OCCN(c2cc(C)n(-c3cccnc3)n2)C1=O. The van der Waals surface area contributed by atoms with Gasteiger partial charge in [-0.1, -0.05) is 0 Å². The zero-order valence-corrected chi connectivity index (χ0v) is 14.7. The van der Waals surface area contributed by atoms with Gasteiger partial charge < -0.3 is 14.6 Å². The van der Waals surface area contributed by atoms with Crippen molar-refractivity contribution in [3.63, 3.8) is 0 Å². The van der Waals surface area contributed by atoms with E-state index in [1.807, 2.05) is 13.0 Å². The molecule has 0 radical (unpaired) electrons. The van der Waals surface area contributed by atoms with Gasteiger partial charge in [0.05, 0.1) is 25.0 Å². The van der Waals surface area contributed by atoms with Gasteiger partial charge >= 0.3 is 11.9 Å². The van der Waals surface area contributed by atoms with Crippen LogP contribution in [0.1, 0.15) is 12.6 Å². The molecule has 1 aliphatic rings. The van der Waals surface area contributed by atoms with E-state index in [-0.39, 0.29) is 13.2 Å². The van der Waals surface area contributed by atoms with E-state index >= 15 is 0 Å². The molecule has 142 valence electrons. The molecule has 27 heavy (non-hydrogen) atoms. The molecule has 3 heterocycles. The minimum Gasteiger partial charge on any atom is -0.478 e. The lowest BCUT2D eigenvalue weighted by Gasteiger charge is -2.33. The molecule has 1 unspecified atom stereocenters. The van der Waals surface area contributed by atoms with Crippen LogP contribution in [0.2, 0.25) is 0 Å². The van der Waals surface area contributed by atoms with Crippen molar-refractivity contribution in [2.75, 3.05) is 18.1 Å². The second-order valence-corrected chi connectivity index (χ2v) is 5.92. The molecule has 10 nitrogen and oxygen atoms in total. The number of aliphatic carboxylic acids is 1. The molecular weight excluding hydrogens is 356 g/mol. The maximum Gasteiger partial charge on any atom is 0.348 e. The van der Waals surface area contributed by atoms with Crippen molar-refractivity contribution in [2.45, 2.75) is 26.1 Å². The number of morpholine rings is 1. The fourth-order valence-electron chi connectivity index (χ4n) is 2.80. The number of carboxylic acid groups (broad SMARTS) is 1. The van der Waals surface area contributed by atoms with Gasteiger partial charge in [0, 0.05) is 24.9 Å². The number of carbonyl (C=O) groups excluding carboxylic acids is 2. The number of rotatable bonds is 5. The number of amides is 1. The van der Waals surface area contributed by atoms with Crippen molar-refractivity contribution < 1.29 is 29.0 Å². The molecule has 1 amide bonds. The summed E-state index contributed by atoms with van der Waals surface area (Å²) in [6, 6.07) is 5.29. The molecule has 0 aromatic carbocycles. The summed E-state index contributed by atoms with van der Waals surface area (Å²) in [4.78, 5) is 40.8. The van der Waals surface area contributed by atoms with Crippen LogP contribution in [-0.4, -0.2) is 63.1 Å². The molecule has 0 aliphatic carbocycles. The van der Waals surface area contributed by atoms with E-state index in [2.05, 4.69) is 10.1 Å². The Morgan fingerprint density at radius 2 is 2.22 bits per heavy atom. The van der Waals surface area contributed by atoms with Crippen LogP contribution in [0.3, 0.4) is 0 Å². The predicted octanol–water partition coefficient (Wildman–Crippen LogP) is 0.324. The number of aromatic nitrogens is 3. The van der Waals surface area contributed by atoms with Gasteiger partial charge in [0.2, 0.25) is 6.10 Å². The maximum absolute atomic E-state index is 12.8. The first kappa shape index (κ1) is 18.5. The fourth-order valence-corrected chi connectivity index (χ4v) is 2.80. The molecule has 2 atom stereocenters. The minimum absolute atomic E-state index is 0.0836. The van der Waals surface area contributed by atoms with E-state index in [4.69, 9.17) is 9.47 Å². The first-order valence-corrected chi connectivity index (χ1v) is 8.18. The molecule has 1 N–H and O–H groups in total. The number of pyridine rings is 1. The van der Waals surface area contributed by atoms with E-state index in [1.165, 1.54) is 4.90 Å². The summed E-state index contributed by atoms with van der Waals surface area (Å²) in [5, 5.41) is 13.7. The molecule has 2 aromatic rings. The summed E-state index contributed by atoms with van der Waals surface area (Å²) >= 11 is 0. The topological polar surface area (TPSA) is 124 Å². The van der Waals surface area contributed by atoms with Crippen LogP contribution in [0, 0.1) is 6.92 Å². The van der Waals surface area contributed by atoms with Gasteiger partial charge in [-0.25, -0.2) is 9.48 Å². The average Bonchev–Trinajstić information content (AvgIpc) is 3.02. The zero-order chi connectivity index (χ0) is 19.6. The molecule has 3 rings (SSSR count). The highest BCUT2D eigenvalue weighted by atomic mass is 16.6. The Morgan fingerprint density at radius 1 is 1.44 bits per heavy atom. The summed E-state index contributed by atoms with van der Waals surface area (Å²) in [6.45, 7) is 3.18. The van der Waals surface area contributed by atoms with Crippen molar-refractivity contribution in [3.05, 3.63) is 36.3 Å². The second-order valence-electron chi connectivity index (χ2n) is 5.92. The number of carboxylic acids is 1. The highest BCUT2D eigenvalue weighted by Gasteiger charge is 2.43. The lowest BCUT2D eigenvalue weighted by molar-refractivity contribution is -0.177. The van der Waals surface area contributed by atoms with E-state index < -0.39 is 30.1 Å². The van der Waals surface area contributed by atoms with Gasteiger partial charge in [-0.3, -0.25) is 19.5 Å². The third-order valence-corrected chi connectivity index (χ3v) is 3.97. The van der Waals surface area contributed by atoms with Crippen molar-refractivity contribution in [1.82, 2.24) is 14.8 Å². The van der Waals surface area contributed by atoms with Crippen LogP contribution in [-0.2, 0) is 23.9 Å². The first-order chi connectivity index (χ1) is 12.9. The standard InChI is InChI=1S/C17H18N4O6/c1-10-8-13(19-21(10)12-4-3-5-18-9-12)20-6-7-26-14(16(20)23)15(17(24)25)27-11(2)22/h3-5,8-9,14-15H,6-7H2,1-2H3,(H,24,25)/t14?,15-/m1/s1. The van der Waals surface area contributed by atoms with Gasteiger partial charge in [0.25, 0.3) is 5.91 Å². The molecule has 0 spiro atoms. The van der Waals surface area contributed by atoms with Crippen LogP contribution >= 0.6 is 0 Å². The first-order valence-electron chi connectivity index (χ1n) is 8.18. The number of nitrogens with zero attached hydrogens (tertiary/aromatic N) is 4. The summed E-state index contributed by atoms with van der Waals surface area (Å²) < 4.78 is 11.7. The van der Waals surface area contributed by atoms with Crippen LogP contribution in [0.5, 0.6) is 0 Å². The molecule has 10 heteroatoms. The fraction of sp³-hybridized carbons (Fsp3) is 0.353. The van der Waals surface area contributed by atoms with Gasteiger partial charge in [-0.2, -0.15) is 0 Å². The molecular formula is C17H18N4O6. The van der Waals surface area contributed by atoms with Crippen LogP contribution in [0.15, 0.2) is 30.6 Å². The number of aryl methyl sites for hydroxylation is 1. The highest BCUT2D eigenvalue weighted by molar-refractivity contribution is 6.00. The van der Waals surface area contributed by atoms with Crippen LogP contribution in [0.4, 0.5) is 5.82 Å². The Morgan fingerprint density at radius 3 is 2.85 bits per heavy atom. The Balaban J connectivity index is 1.88. The van der Waals surface area contributed by atoms with Crippen molar-refractivity contribution in [2.24, 2.45) is 0 Å². The molecule has 1 saturated heterocycles. The molecule has 2 aromatic heterocycles. The second kappa shape index (κ2) is 7.54. The summed E-state index contributed by atoms with van der Waals surface area (Å²) in [7, 11) is 0. The normalized spacial score (nSPS) is 18.2. The smallest absolute Gasteiger partial charge is 0.348 e. The Hall–Kier alpha value is -3.27. The number of hydrogen-bond acceptors (Lipinski definition) is 7. The number of esters is 1. The molecule has 0 bridgehead atoms. The third-order valence-electron chi connectivity index (χ3n) is 3.97. The van der Waals surface area contributed by atoms with E-state index in [1.54, 1.807) is 29.2 Å². The number of ether oxygens (including phenoxy) is 2. The summed E-state index contributed by atoms with van der Waals surface area (Å²) in [5.74, 6) is -2.55. The van der Waals surface area contributed by atoms with Crippen LogP contribution in [0.25, 0.3) is 5.69 Å². The largest absolute Gasteiger partial charge is 0.478 e. The third kappa shape index (κ3) is 3.80. The summed E-state index contributed by atoms with van der Waals surface area (Å²) in [6.07, 6.45) is 0.109. The average molecular weight is 374 g/mol. The quantitative estimate of drug-likeness (QED) is 0.742. The maximum atomic E-state index is 12.8. The van der Waals surface area contributed by atoms with Crippen LogP contribution < -0.4 is 4.90 Å². The van der Waals surface area contributed by atoms with Gasteiger partial charge in [0.1, 0.15) is 0 Å². The number of anilines is 1. The minimum atomic E-state index is -1.72. The van der Waals surface area contributed by atoms with Gasteiger partial charge in [-0.05, 0) is 19.1 Å². The zero-order valence-electron chi connectivity index (χ0n) is 14.7. The Labute approximate surface area is 154 Å². The Bertz CT molecular complexity index is 866. The Kier molecular flexibility index (Phi) is 5.17. The van der Waals surface area contributed by atoms with E-state index in [9.17, 15) is 19.5 Å². The van der Waals surface area contributed by atoms with E-state index in [0.29, 0.717) is 5.82 Å². The molecule has 1 fully saturated rings. The van der Waals surface area contributed by atoms with Crippen molar-refractivity contribution in [1.29, 1.82) is 0 Å². The van der Waals surface area contributed by atoms with Crippen molar-refractivity contribution >= 4 is 23.7 Å². The predicted molar refractivity (Wildman–Crippen MR) is 91.4 cm³/mol. The summed E-state index contributed by atoms with van der Waals surface area (Å²) in [5.41, 5.74) is 1.49. The van der Waals surface area contributed by atoms with Gasteiger partial charge in [0.15, 0.2) is 11.9 Å². The van der Waals surface area contributed by atoms with Gasteiger partial charge in [-0.15, -0.1) is 5.10 Å². The molecule has 0 saturated carbocycles. The number of hydrogen-bond donors (Lipinski definition) is 1. The van der Waals surface area contributed by atoms with E-state index in [0.717, 1.165) is 18.3 Å². The lowest BCUT2D eigenvalue weighted by atomic mass is 10.1. The lowest BCUT2D eigenvalue weighted by Crippen LogP contribution is -2.55. The van der Waals surface area contributed by atoms with Crippen molar-refractivity contribution in [3.8, 4) is 5.69 Å². The highest BCUT2D eigenvalue weighted by Crippen LogP contribution is 2.23.